The maximum atomic E-state index is 12.1. The molecule has 0 N–H and O–H groups in total. The van der Waals surface area contributed by atoms with Crippen molar-refractivity contribution in [2.45, 2.75) is 0 Å². The van der Waals surface area contributed by atoms with Gasteiger partial charge in [0.2, 0.25) is 0 Å². The van der Waals surface area contributed by atoms with Crippen LogP contribution in [0.1, 0.15) is 9.67 Å². The molecule has 2 aromatic rings. The molecule has 0 atom stereocenters. The molecule has 2 heterocycles. The number of para-hydroxylation sites is 1. The van der Waals surface area contributed by atoms with Crippen molar-refractivity contribution in [1.82, 2.24) is 4.53 Å². The Morgan fingerprint density at radius 3 is 2.76 bits per heavy atom. The first kappa shape index (κ1) is 14.4. The summed E-state index contributed by atoms with van der Waals surface area (Å²) in [6.45, 7) is 0.853. The topological polar surface area (TPSA) is 35.9 Å². The van der Waals surface area contributed by atoms with E-state index >= 15 is 0 Å². The fourth-order valence-electron chi connectivity index (χ4n) is 1.94. The second-order valence-corrected chi connectivity index (χ2v) is 6.59. The van der Waals surface area contributed by atoms with Gasteiger partial charge in [-0.25, -0.2) is 0 Å². The van der Waals surface area contributed by atoms with Gasteiger partial charge in [-0.05, 0) is 23.6 Å². The fourth-order valence-corrected chi connectivity index (χ4v) is 3.80. The molecular formula is C14H12ClN3OS2. The summed E-state index contributed by atoms with van der Waals surface area (Å²) in [5, 5.41) is 6.83. The zero-order chi connectivity index (χ0) is 14.7. The number of rotatable bonds is 3. The molecule has 1 fully saturated rings. The minimum Gasteiger partial charge on any atom is -0.319 e. The lowest BCUT2D eigenvalue weighted by Crippen LogP contribution is -2.26. The summed E-state index contributed by atoms with van der Waals surface area (Å²) in [4.78, 5) is 14.7. The Labute approximate surface area is 136 Å². The molecule has 7 heteroatoms. The van der Waals surface area contributed by atoms with Crippen molar-refractivity contribution in [3.63, 3.8) is 0 Å². The van der Waals surface area contributed by atoms with Crippen LogP contribution in [0.3, 0.4) is 0 Å². The van der Waals surface area contributed by atoms with Crippen molar-refractivity contribution < 1.29 is 4.79 Å². The molecule has 0 spiro atoms. The summed E-state index contributed by atoms with van der Waals surface area (Å²) in [7, 11) is 0. The number of carbonyl (C=O) groups is 1. The van der Waals surface area contributed by atoms with E-state index in [9.17, 15) is 4.79 Å². The van der Waals surface area contributed by atoms with Crippen LogP contribution in [0.5, 0.6) is 0 Å². The van der Waals surface area contributed by atoms with E-state index in [0.29, 0.717) is 4.88 Å². The molecular weight excluding hydrogens is 326 g/mol. The van der Waals surface area contributed by atoms with Gasteiger partial charge in [0.15, 0.2) is 5.17 Å². The first-order valence-electron chi connectivity index (χ1n) is 6.33. The van der Waals surface area contributed by atoms with Crippen LogP contribution in [0.2, 0.25) is 0 Å². The summed E-state index contributed by atoms with van der Waals surface area (Å²) >= 11 is 8.96. The molecule has 1 aromatic carbocycles. The number of thiophene rings is 1. The molecule has 1 aromatic heterocycles. The van der Waals surface area contributed by atoms with Crippen LogP contribution in [0.4, 0.5) is 5.69 Å². The van der Waals surface area contributed by atoms with Crippen molar-refractivity contribution >= 4 is 51.6 Å². The number of hydrogen-bond acceptors (Lipinski definition) is 4. The van der Waals surface area contributed by atoms with Crippen molar-refractivity contribution in [1.29, 1.82) is 0 Å². The zero-order valence-electron chi connectivity index (χ0n) is 11.0. The van der Waals surface area contributed by atoms with E-state index in [1.54, 1.807) is 17.8 Å². The first-order valence-corrected chi connectivity index (χ1v) is 8.54. The predicted molar refractivity (Wildman–Crippen MR) is 90.0 cm³/mol. The number of hydrazone groups is 1. The molecule has 1 amide bonds. The van der Waals surface area contributed by atoms with E-state index in [0.717, 1.165) is 27.7 Å². The van der Waals surface area contributed by atoms with E-state index in [1.165, 1.54) is 11.3 Å². The van der Waals surface area contributed by atoms with E-state index in [-0.39, 0.29) is 5.91 Å². The van der Waals surface area contributed by atoms with Crippen LogP contribution in [0.25, 0.3) is 0 Å². The summed E-state index contributed by atoms with van der Waals surface area (Å²) in [5.41, 5.74) is 1.05. The number of hydrogen-bond donors (Lipinski definition) is 0. The van der Waals surface area contributed by atoms with Gasteiger partial charge in [0.05, 0.1) is 4.88 Å². The molecule has 0 radical (unpaired) electrons. The third kappa shape index (κ3) is 3.23. The van der Waals surface area contributed by atoms with Gasteiger partial charge in [-0.1, -0.05) is 36.0 Å². The monoisotopic (exact) mass is 337 g/mol. The fraction of sp³-hybridized carbons (Fsp3) is 0.143. The van der Waals surface area contributed by atoms with Crippen LogP contribution in [-0.2, 0) is 0 Å². The Kier molecular flexibility index (Phi) is 4.48. The number of carbonyl (C=O) groups excluding carboxylic acids is 1. The highest BCUT2D eigenvalue weighted by molar-refractivity contribution is 8.14. The van der Waals surface area contributed by atoms with Gasteiger partial charge < -0.3 is 4.90 Å². The molecule has 108 valence electrons. The number of amidine groups is 1. The molecule has 21 heavy (non-hydrogen) atoms. The molecule has 4 nitrogen and oxygen atoms in total. The highest BCUT2D eigenvalue weighted by Crippen LogP contribution is 2.26. The maximum Gasteiger partial charge on any atom is 0.299 e. The molecule has 0 unspecified atom stereocenters. The van der Waals surface area contributed by atoms with Crippen LogP contribution in [-0.4, -0.2) is 27.9 Å². The quantitative estimate of drug-likeness (QED) is 0.630. The third-order valence-corrected chi connectivity index (χ3v) is 4.95. The maximum absolute atomic E-state index is 12.1. The Bertz CT molecular complexity index is 646. The van der Waals surface area contributed by atoms with Gasteiger partial charge in [-0.3, -0.25) is 4.79 Å². The number of thioether (sulfide) groups is 1. The van der Waals surface area contributed by atoms with Gasteiger partial charge in [0.1, 0.15) is 0 Å². The average Bonchev–Trinajstić information content (AvgIpc) is 3.19. The Morgan fingerprint density at radius 1 is 1.24 bits per heavy atom. The second-order valence-electron chi connectivity index (χ2n) is 4.26. The molecule has 1 aliphatic heterocycles. The second kappa shape index (κ2) is 6.51. The Balaban J connectivity index is 1.80. The van der Waals surface area contributed by atoms with Crippen LogP contribution in [0.15, 0.2) is 52.9 Å². The van der Waals surface area contributed by atoms with Gasteiger partial charge in [-0.2, -0.15) is 0 Å². The van der Waals surface area contributed by atoms with Gasteiger partial charge in [0.25, 0.3) is 5.91 Å². The number of anilines is 1. The van der Waals surface area contributed by atoms with Crippen LogP contribution >= 0.6 is 34.9 Å². The van der Waals surface area contributed by atoms with Gasteiger partial charge in [0, 0.05) is 29.8 Å². The molecule has 1 aliphatic rings. The van der Waals surface area contributed by atoms with Gasteiger partial charge in [-0.15, -0.1) is 21.0 Å². The summed E-state index contributed by atoms with van der Waals surface area (Å²) in [6.07, 6.45) is 0. The highest BCUT2D eigenvalue weighted by atomic mass is 35.5. The van der Waals surface area contributed by atoms with Crippen molar-refractivity contribution in [2.75, 3.05) is 17.2 Å². The molecule has 0 saturated carbocycles. The minimum atomic E-state index is -0.306. The average molecular weight is 338 g/mol. The summed E-state index contributed by atoms with van der Waals surface area (Å²) < 4.78 is 0.898. The van der Waals surface area contributed by atoms with E-state index in [2.05, 4.69) is 10.0 Å². The minimum absolute atomic E-state index is 0.306. The van der Waals surface area contributed by atoms with E-state index < -0.39 is 0 Å². The molecule has 0 aliphatic carbocycles. The molecule has 0 bridgehead atoms. The predicted octanol–water partition coefficient (Wildman–Crippen LogP) is 3.87. The van der Waals surface area contributed by atoms with Crippen LogP contribution in [0, 0.1) is 0 Å². The number of amides is 1. The Hall–Kier alpha value is -1.50. The standard InChI is InChI=1S/C14H12ClN3OS2/c15-18(13(19)12-7-4-9-20-12)16-14-17(8-10-21-14)11-5-2-1-3-6-11/h1-7,9H,8,10H2. The zero-order valence-corrected chi connectivity index (χ0v) is 13.4. The van der Waals surface area contributed by atoms with Crippen LogP contribution < -0.4 is 4.90 Å². The van der Waals surface area contributed by atoms with E-state index in [1.807, 2.05) is 41.8 Å². The number of benzene rings is 1. The number of nitrogens with zero attached hydrogens (tertiary/aromatic N) is 3. The smallest absolute Gasteiger partial charge is 0.299 e. The van der Waals surface area contributed by atoms with E-state index in [4.69, 9.17) is 11.8 Å². The van der Waals surface area contributed by atoms with Gasteiger partial charge >= 0.3 is 0 Å². The van der Waals surface area contributed by atoms with Crippen molar-refractivity contribution in [2.24, 2.45) is 5.10 Å². The lowest BCUT2D eigenvalue weighted by molar-refractivity contribution is 0.0871. The lowest BCUT2D eigenvalue weighted by Gasteiger charge is -2.18. The largest absolute Gasteiger partial charge is 0.319 e. The number of halogens is 1. The highest BCUT2D eigenvalue weighted by Gasteiger charge is 2.24. The lowest BCUT2D eigenvalue weighted by atomic mass is 10.3. The molecule has 3 rings (SSSR count). The van der Waals surface area contributed by atoms with Crippen molar-refractivity contribution in [3.8, 4) is 0 Å². The molecule has 1 saturated heterocycles. The normalized spacial score (nSPS) is 16.4. The summed E-state index contributed by atoms with van der Waals surface area (Å²) in [6, 6.07) is 13.5. The van der Waals surface area contributed by atoms with Crippen molar-refractivity contribution in [3.05, 3.63) is 52.7 Å². The Morgan fingerprint density at radius 2 is 2.05 bits per heavy atom. The SMILES string of the molecule is O=C(c1cccs1)N(Cl)N=C1SCCN1c1ccccc1. The third-order valence-electron chi connectivity index (χ3n) is 2.92. The summed E-state index contributed by atoms with van der Waals surface area (Å²) in [5.74, 6) is 0.616. The first-order chi connectivity index (χ1) is 10.3.